The lowest BCUT2D eigenvalue weighted by Crippen LogP contribution is -2.24. The van der Waals surface area contributed by atoms with Gasteiger partial charge in [-0.1, -0.05) is 35.3 Å². The van der Waals surface area contributed by atoms with Gasteiger partial charge in [-0.05, 0) is 61.0 Å². The molecule has 0 aromatic heterocycles. The van der Waals surface area contributed by atoms with Crippen molar-refractivity contribution in [2.75, 3.05) is 20.3 Å². The number of carbonyl (C=O) groups excluding carboxylic acids is 2. The molecule has 0 heterocycles. The summed E-state index contributed by atoms with van der Waals surface area (Å²) in [4.78, 5) is 24.6. The Morgan fingerprint density at radius 1 is 0.943 bits per heavy atom. The molecule has 10 heteroatoms. The number of ether oxygens (including phenoxy) is 4. The van der Waals surface area contributed by atoms with E-state index in [2.05, 4.69) is 10.5 Å². The van der Waals surface area contributed by atoms with Crippen molar-refractivity contribution in [2.24, 2.45) is 5.10 Å². The number of hydrogen-bond donors (Lipinski definition) is 1. The van der Waals surface area contributed by atoms with Crippen molar-refractivity contribution in [3.8, 4) is 23.0 Å². The van der Waals surface area contributed by atoms with E-state index in [0.717, 1.165) is 0 Å². The fourth-order valence-electron chi connectivity index (χ4n) is 2.86. The SMILES string of the molecule is CCOc1cc(/C=N/NC(=O)COc2ccccc2OC)ccc1OC(=O)c1ccc(Cl)cc1Cl. The van der Waals surface area contributed by atoms with E-state index in [-0.39, 0.29) is 22.9 Å². The maximum absolute atomic E-state index is 12.5. The highest BCUT2D eigenvalue weighted by Gasteiger charge is 2.16. The van der Waals surface area contributed by atoms with Crippen molar-refractivity contribution in [3.63, 3.8) is 0 Å². The van der Waals surface area contributed by atoms with Crippen LogP contribution in [0, 0.1) is 0 Å². The van der Waals surface area contributed by atoms with Gasteiger partial charge in [0, 0.05) is 5.02 Å². The predicted octanol–water partition coefficient (Wildman–Crippen LogP) is 5.15. The summed E-state index contributed by atoms with van der Waals surface area (Å²) < 4.78 is 21.7. The van der Waals surface area contributed by atoms with Gasteiger partial charge in [0.2, 0.25) is 0 Å². The lowest BCUT2D eigenvalue weighted by atomic mass is 10.2. The molecule has 0 aliphatic heterocycles. The second-order valence-corrected chi connectivity index (χ2v) is 7.73. The molecule has 8 nitrogen and oxygen atoms in total. The van der Waals surface area contributed by atoms with Crippen LogP contribution < -0.4 is 24.4 Å². The minimum atomic E-state index is -0.656. The largest absolute Gasteiger partial charge is 0.493 e. The molecular weight excluding hydrogens is 495 g/mol. The van der Waals surface area contributed by atoms with Gasteiger partial charge in [0.1, 0.15) is 0 Å². The number of carbonyl (C=O) groups is 2. The average molecular weight is 517 g/mol. The van der Waals surface area contributed by atoms with Gasteiger partial charge in [0.15, 0.2) is 29.6 Å². The zero-order valence-corrected chi connectivity index (χ0v) is 20.4. The highest BCUT2D eigenvalue weighted by atomic mass is 35.5. The Balaban J connectivity index is 1.62. The van der Waals surface area contributed by atoms with E-state index in [1.807, 2.05) is 0 Å². The first-order valence-corrected chi connectivity index (χ1v) is 11.2. The Bertz CT molecular complexity index is 1230. The molecule has 0 atom stereocenters. The molecule has 0 radical (unpaired) electrons. The van der Waals surface area contributed by atoms with E-state index in [1.165, 1.54) is 25.5 Å². The van der Waals surface area contributed by atoms with Crippen molar-refractivity contribution >= 4 is 41.3 Å². The Labute approximate surface area is 212 Å². The minimum absolute atomic E-state index is 0.169. The molecule has 0 spiro atoms. The van der Waals surface area contributed by atoms with Crippen molar-refractivity contribution in [2.45, 2.75) is 6.92 Å². The molecule has 182 valence electrons. The Kier molecular flexibility index (Phi) is 9.34. The van der Waals surface area contributed by atoms with Crippen LogP contribution in [0.2, 0.25) is 10.0 Å². The summed E-state index contributed by atoms with van der Waals surface area (Å²) in [6.45, 7) is 1.89. The fraction of sp³-hybridized carbons (Fsp3) is 0.160. The summed E-state index contributed by atoms with van der Waals surface area (Å²) >= 11 is 12.0. The molecule has 3 aromatic carbocycles. The highest BCUT2D eigenvalue weighted by Crippen LogP contribution is 2.30. The third-order valence-corrected chi connectivity index (χ3v) is 5.00. The number of amides is 1. The van der Waals surface area contributed by atoms with E-state index in [9.17, 15) is 9.59 Å². The van der Waals surface area contributed by atoms with Crippen molar-refractivity contribution in [3.05, 3.63) is 81.8 Å². The van der Waals surface area contributed by atoms with E-state index in [1.54, 1.807) is 55.5 Å². The number of methoxy groups -OCH3 is 1. The number of hydrogen-bond acceptors (Lipinski definition) is 7. The van der Waals surface area contributed by atoms with Gasteiger partial charge in [-0.25, -0.2) is 10.2 Å². The summed E-state index contributed by atoms with van der Waals surface area (Å²) in [7, 11) is 1.52. The maximum Gasteiger partial charge on any atom is 0.345 e. The molecule has 1 amide bonds. The van der Waals surface area contributed by atoms with Crippen LogP contribution in [0.15, 0.2) is 65.8 Å². The second kappa shape index (κ2) is 12.6. The van der Waals surface area contributed by atoms with E-state index in [4.69, 9.17) is 42.1 Å². The Morgan fingerprint density at radius 3 is 2.43 bits per heavy atom. The number of para-hydroxylation sites is 2. The van der Waals surface area contributed by atoms with Crippen LogP contribution in [-0.2, 0) is 4.79 Å². The number of nitrogens with one attached hydrogen (secondary N) is 1. The molecule has 0 saturated carbocycles. The third kappa shape index (κ3) is 7.37. The van der Waals surface area contributed by atoms with E-state index in [0.29, 0.717) is 34.4 Å². The van der Waals surface area contributed by atoms with Crippen LogP contribution in [0.4, 0.5) is 0 Å². The normalized spacial score (nSPS) is 10.6. The van der Waals surface area contributed by atoms with Crippen molar-refractivity contribution < 1.29 is 28.5 Å². The highest BCUT2D eigenvalue weighted by molar-refractivity contribution is 6.36. The molecule has 0 unspecified atom stereocenters. The summed E-state index contributed by atoms with van der Waals surface area (Å²) in [5, 5.41) is 4.51. The zero-order chi connectivity index (χ0) is 25.2. The number of benzene rings is 3. The average Bonchev–Trinajstić information content (AvgIpc) is 2.84. The Hall–Kier alpha value is -3.75. The topological polar surface area (TPSA) is 95.5 Å². The van der Waals surface area contributed by atoms with Crippen LogP contribution >= 0.6 is 23.2 Å². The van der Waals surface area contributed by atoms with Gasteiger partial charge in [0.05, 0.1) is 30.5 Å². The molecule has 0 aliphatic rings. The predicted molar refractivity (Wildman–Crippen MR) is 133 cm³/mol. The first kappa shape index (κ1) is 25.9. The molecule has 3 aromatic rings. The van der Waals surface area contributed by atoms with Gasteiger partial charge < -0.3 is 18.9 Å². The minimum Gasteiger partial charge on any atom is -0.493 e. The van der Waals surface area contributed by atoms with Crippen LogP contribution in [0.3, 0.4) is 0 Å². The summed E-state index contributed by atoms with van der Waals surface area (Å²) in [6.07, 6.45) is 1.42. The van der Waals surface area contributed by atoms with Crippen molar-refractivity contribution in [1.82, 2.24) is 5.43 Å². The second-order valence-electron chi connectivity index (χ2n) is 6.89. The summed E-state index contributed by atoms with van der Waals surface area (Å²) in [5.41, 5.74) is 3.15. The number of rotatable bonds is 10. The van der Waals surface area contributed by atoms with Gasteiger partial charge in [-0.3, -0.25) is 4.79 Å². The number of nitrogens with zero attached hydrogens (tertiary/aromatic N) is 1. The van der Waals surface area contributed by atoms with E-state index >= 15 is 0 Å². The lowest BCUT2D eigenvalue weighted by molar-refractivity contribution is -0.123. The smallest absolute Gasteiger partial charge is 0.345 e. The van der Waals surface area contributed by atoms with Gasteiger partial charge >= 0.3 is 5.97 Å². The number of hydrazone groups is 1. The van der Waals surface area contributed by atoms with Gasteiger partial charge in [-0.2, -0.15) is 5.10 Å². The molecule has 0 fully saturated rings. The van der Waals surface area contributed by atoms with Crippen LogP contribution in [0.1, 0.15) is 22.8 Å². The fourth-order valence-corrected chi connectivity index (χ4v) is 3.35. The lowest BCUT2D eigenvalue weighted by Gasteiger charge is -2.12. The van der Waals surface area contributed by atoms with Gasteiger partial charge in [0.25, 0.3) is 5.91 Å². The molecule has 3 rings (SSSR count). The van der Waals surface area contributed by atoms with Crippen LogP contribution in [0.25, 0.3) is 0 Å². The molecular formula is C25H22Cl2N2O6. The zero-order valence-electron chi connectivity index (χ0n) is 18.9. The van der Waals surface area contributed by atoms with Gasteiger partial charge in [-0.15, -0.1) is 0 Å². The molecule has 35 heavy (non-hydrogen) atoms. The van der Waals surface area contributed by atoms with Crippen LogP contribution in [-0.4, -0.2) is 38.4 Å². The summed E-state index contributed by atoms with van der Waals surface area (Å²) in [5.74, 6) is 0.376. The number of esters is 1. The van der Waals surface area contributed by atoms with Crippen LogP contribution in [0.5, 0.6) is 23.0 Å². The standard InChI is InChI=1S/C25H22Cl2N2O6/c1-3-33-23-12-16(8-11-22(23)35-25(31)18-10-9-17(26)13-19(18)27)14-28-29-24(30)15-34-21-7-5-4-6-20(21)32-2/h4-14H,3,15H2,1-2H3,(H,29,30)/b28-14+. The molecule has 0 bridgehead atoms. The van der Waals surface area contributed by atoms with Crippen molar-refractivity contribution in [1.29, 1.82) is 0 Å². The monoisotopic (exact) mass is 516 g/mol. The maximum atomic E-state index is 12.5. The Morgan fingerprint density at radius 2 is 1.71 bits per heavy atom. The molecule has 1 N–H and O–H groups in total. The number of halogens is 2. The first-order chi connectivity index (χ1) is 16.9. The van der Waals surface area contributed by atoms with E-state index < -0.39 is 11.9 Å². The summed E-state index contributed by atoms with van der Waals surface area (Å²) in [6, 6.07) is 16.3. The third-order valence-electron chi connectivity index (χ3n) is 4.45. The molecule has 0 saturated heterocycles. The quantitative estimate of drug-likeness (QED) is 0.173. The molecule has 0 aliphatic carbocycles. The first-order valence-electron chi connectivity index (χ1n) is 10.4.